The molecule has 0 aliphatic rings. The number of primary amides is 1. The molecule has 7 N–H and O–H groups in total. The number of carbonyl (C=O) groups excluding carboxylic acids is 4. The minimum atomic E-state index is -0.764. The van der Waals surface area contributed by atoms with Crippen LogP contribution in [0.4, 0.5) is 0 Å². The van der Waals surface area contributed by atoms with Crippen LogP contribution in [-0.4, -0.2) is 47.2 Å². The van der Waals surface area contributed by atoms with Gasteiger partial charge in [-0.05, 0) is 0 Å². The van der Waals surface area contributed by atoms with Crippen molar-refractivity contribution in [2.45, 2.75) is 25.9 Å². The van der Waals surface area contributed by atoms with Gasteiger partial charge in [0.25, 0.3) is 0 Å². The summed E-state index contributed by atoms with van der Waals surface area (Å²) in [4.78, 5) is 44.0. The molecule has 114 valence electrons. The summed E-state index contributed by atoms with van der Waals surface area (Å²) in [7, 11) is 2.56. The first-order chi connectivity index (χ1) is 9.23. The largest absolute Gasteiger partial charge is 0.368 e. The monoisotopic (exact) mass is 323 g/mol. The van der Waals surface area contributed by atoms with Gasteiger partial charge in [0, 0.05) is 25.4 Å². The molecule has 0 bridgehead atoms. The summed E-state index contributed by atoms with van der Waals surface area (Å²) in [5.74, 6) is -1.08. The van der Waals surface area contributed by atoms with Crippen molar-refractivity contribution in [1.29, 1.82) is 0 Å². The summed E-state index contributed by atoms with van der Waals surface area (Å²) < 4.78 is 0. The van der Waals surface area contributed by atoms with Crippen LogP contribution >= 0.6 is 21.6 Å². The van der Waals surface area contributed by atoms with Crippen molar-refractivity contribution in [3.63, 3.8) is 0 Å². The second-order valence-corrected chi connectivity index (χ2v) is 6.50. The topological polar surface area (TPSA) is 146 Å². The summed E-state index contributed by atoms with van der Waals surface area (Å²) in [6.07, 6.45) is 0. The number of hydrogen-bond acceptors (Lipinski definition) is 6. The molecule has 0 aliphatic heterocycles. The highest BCUT2D eigenvalue weighted by atomic mass is 33.1. The Bertz CT molecular complexity index is 355. The summed E-state index contributed by atoms with van der Waals surface area (Å²) >= 11 is 0. The van der Waals surface area contributed by atoms with Crippen molar-refractivity contribution in [3.8, 4) is 0 Å². The highest BCUT2D eigenvalue weighted by Gasteiger charge is 2.21. The summed E-state index contributed by atoms with van der Waals surface area (Å²) in [5.41, 5.74) is 8.41. The van der Waals surface area contributed by atoms with Crippen LogP contribution in [0.25, 0.3) is 0 Å². The zero-order valence-corrected chi connectivity index (χ0v) is 12.9. The van der Waals surface area contributed by atoms with Gasteiger partial charge in [-0.1, -0.05) is 21.6 Å². The van der Waals surface area contributed by atoms with E-state index in [-0.39, 0.29) is 23.5 Å². The van der Waals surface area contributed by atoms with Crippen molar-refractivity contribution in [1.82, 2.24) is 10.6 Å². The third kappa shape index (κ3) is 8.77. The molecule has 2 unspecified atom stereocenters. The molecule has 0 saturated carbocycles. The van der Waals surface area contributed by atoms with Crippen LogP contribution in [0, 0.1) is 0 Å². The fourth-order valence-electron chi connectivity index (χ4n) is 1.13. The first-order valence-corrected chi connectivity index (χ1v) is 8.16. The van der Waals surface area contributed by atoms with Gasteiger partial charge < -0.3 is 16.4 Å². The second-order valence-electron chi connectivity index (χ2n) is 3.94. The maximum Gasteiger partial charge on any atom is 0.332 e. The molecule has 0 aromatic heterocycles. The highest BCUT2D eigenvalue weighted by molar-refractivity contribution is 8.76. The van der Waals surface area contributed by atoms with E-state index in [1.165, 1.54) is 35.4 Å². The summed E-state index contributed by atoms with van der Waals surface area (Å²) in [6, 6.07) is -1.43. The number of rotatable bonds is 9. The maximum atomic E-state index is 11.2. The second kappa shape index (κ2) is 9.61. The minimum Gasteiger partial charge on any atom is -0.368 e. The lowest BCUT2D eigenvalue weighted by molar-refractivity contribution is -0.307. The van der Waals surface area contributed by atoms with Gasteiger partial charge in [0.05, 0.1) is 0 Å². The Balaban J connectivity index is 4.13. The van der Waals surface area contributed by atoms with Gasteiger partial charge in [0.1, 0.15) is 6.04 Å². The maximum absolute atomic E-state index is 11.2. The van der Waals surface area contributed by atoms with E-state index in [9.17, 15) is 19.2 Å². The molecular formula is C10H19N4O4S2+. The fourth-order valence-corrected chi connectivity index (χ4v) is 3.51. The Morgan fingerprint density at radius 3 is 1.75 bits per heavy atom. The van der Waals surface area contributed by atoms with Crippen LogP contribution in [0.2, 0.25) is 0 Å². The average molecular weight is 323 g/mol. The molecule has 4 amide bonds. The van der Waals surface area contributed by atoms with Gasteiger partial charge >= 0.3 is 5.91 Å². The third-order valence-electron chi connectivity index (χ3n) is 2.04. The zero-order valence-electron chi connectivity index (χ0n) is 11.3. The molecule has 0 heterocycles. The molecule has 0 fully saturated rings. The smallest absolute Gasteiger partial charge is 0.332 e. The average Bonchev–Trinajstić information content (AvgIpc) is 2.29. The Kier molecular flexibility index (Phi) is 9.01. The van der Waals surface area contributed by atoms with Crippen molar-refractivity contribution in [3.05, 3.63) is 0 Å². The SMILES string of the molecule is CC(=O)NC(CSSCC(NC(C)=O)C([NH3+])=O)C(N)=O. The van der Waals surface area contributed by atoms with E-state index in [2.05, 4.69) is 16.4 Å². The van der Waals surface area contributed by atoms with Crippen molar-refractivity contribution < 1.29 is 24.9 Å². The molecule has 8 nitrogen and oxygen atoms in total. The van der Waals surface area contributed by atoms with Crippen LogP contribution in [0.15, 0.2) is 0 Å². The van der Waals surface area contributed by atoms with E-state index < -0.39 is 18.0 Å². The quantitative estimate of drug-likeness (QED) is 0.275. The van der Waals surface area contributed by atoms with Crippen molar-refractivity contribution >= 4 is 45.2 Å². The van der Waals surface area contributed by atoms with Crippen LogP contribution < -0.4 is 22.1 Å². The molecule has 20 heavy (non-hydrogen) atoms. The number of nitrogens with two attached hydrogens (primary N) is 1. The molecular weight excluding hydrogens is 304 g/mol. The summed E-state index contributed by atoms with van der Waals surface area (Å²) in [6.45, 7) is 2.61. The minimum absolute atomic E-state index is 0.276. The zero-order chi connectivity index (χ0) is 15.7. The van der Waals surface area contributed by atoms with Gasteiger partial charge in [-0.15, -0.1) is 0 Å². The van der Waals surface area contributed by atoms with Crippen LogP contribution in [0.3, 0.4) is 0 Å². The standard InChI is InChI=1S/C10H18N4O4S2/c1-5(15)13-7(9(11)17)3-19-20-4-8(10(12)18)14-6(2)16/h7-8H,3-4H2,1-2H3,(H2,11,17)(H2,12,18)(H,13,15)(H,14,16)/p+1. The van der Waals surface area contributed by atoms with Crippen LogP contribution in [0.1, 0.15) is 13.8 Å². The van der Waals surface area contributed by atoms with E-state index in [1.54, 1.807) is 0 Å². The van der Waals surface area contributed by atoms with E-state index >= 15 is 0 Å². The lowest BCUT2D eigenvalue weighted by atomic mass is 10.3. The Labute approximate surface area is 124 Å². The lowest BCUT2D eigenvalue weighted by Crippen LogP contribution is -2.66. The van der Waals surface area contributed by atoms with Crippen molar-refractivity contribution in [2.24, 2.45) is 5.73 Å². The Morgan fingerprint density at radius 1 is 1.00 bits per heavy atom. The van der Waals surface area contributed by atoms with Crippen molar-refractivity contribution in [2.75, 3.05) is 11.5 Å². The molecule has 0 aliphatic carbocycles. The third-order valence-corrected chi connectivity index (χ3v) is 4.46. The van der Waals surface area contributed by atoms with E-state index in [0.717, 1.165) is 0 Å². The first kappa shape index (κ1) is 18.7. The molecule has 0 radical (unpaired) electrons. The number of nitrogens with one attached hydrogen (secondary N) is 2. The molecule has 10 heteroatoms. The van der Waals surface area contributed by atoms with Gasteiger partial charge in [0.2, 0.25) is 17.7 Å². The van der Waals surface area contributed by atoms with Gasteiger partial charge in [-0.2, -0.15) is 0 Å². The lowest BCUT2D eigenvalue weighted by Gasteiger charge is -2.14. The molecule has 0 saturated heterocycles. The number of amides is 4. The van der Waals surface area contributed by atoms with E-state index in [1.807, 2.05) is 0 Å². The summed E-state index contributed by atoms with van der Waals surface area (Å²) in [5, 5.41) is 4.90. The molecule has 0 aromatic rings. The van der Waals surface area contributed by atoms with Gasteiger partial charge in [-0.25, -0.2) is 4.79 Å². The molecule has 0 spiro atoms. The number of carbonyl (C=O) groups is 4. The molecule has 0 rings (SSSR count). The fraction of sp³-hybridized carbons (Fsp3) is 0.600. The normalized spacial score (nSPS) is 13.2. The highest BCUT2D eigenvalue weighted by Crippen LogP contribution is 2.22. The number of hydrogen-bond donors (Lipinski definition) is 4. The Morgan fingerprint density at radius 2 is 1.40 bits per heavy atom. The Hall–Kier alpha value is -1.26. The van der Waals surface area contributed by atoms with E-state index in [4.69, 9.17) is 5.73 Å². The molecule has 0 aromatic carbocycles. The van der Waals surface area contributed by atoms with Crippen LogP contribution in [0.5, 0.6) is 0 Å². The van der Waals surface area contributed by atoms with E-state index in [0.29, 0.717) is 5.75 Å². The predicted molar refractivity (Wildman–Crippen MR) is 77.2 cm³/mol. The first-order valence-electron chi connectivity index (χ1n) is 5.67. The van der Waals surface area contributed by atoms with Gasteiger partial charge in [-0.3, -0.25) is 20.1 Å². The predicted octanol–water partition coefficient (Wildman–Crippen LogP) is -2.37. The molecule has 2 atom stereocenters. The van der Waals surface area contributed by atoms with Crippen LogP contribution in [-0.2, 0) is 19.2 Å². The van der Waals surface area contributed by atoms with Gasteiger partial charge in [0.15, 0.2) is 6.04 Å². The number of quaternary nitrogens is 1.